The Morgan fingerprint density at radius 1 is 0.445 bits per heavy atom. The molecule has 21 rings (SSSR count). The molecule has 0 spiro atoms. The van der Waals surface area contributed by atoms with Crippen LogP contribution in [0.1, 0.15) is 92.1 Å². The number of carbonyl (C=O) groups is 3. The lowest BCUT2D eigenvalue weighted by Crippen LogP contribution is -2.29. The van der Waals surface area contributed by atoms with Gasteiger partial charge in [0.15, 0.2) is 11.7 Å². The molecule has 17 aromatic rings. The monoisotopic (exact) mass is 1870 g/mol. The van der Waals surface area contributed by atoms with Gasteiger partial charge in [-0.1, -0.05) is 71.0 Å². The number of hydrogen-bond acceptors (Lipinski definition) is 23. The topological polar surface area (TPSA) is 504 Å². The van der Waals surface area contributed by atoms with Crippen molar-refractivity contribution >= 4 is 118 Å². The molecule has 7 aromatic carbocycles. The van der Waals surface area contributed by atoms with Gasteiger partial charge in [0.1, 0.15) is 7.11 Å². The first-order chi connectivity index (χ1) is 66.6. The lowest BCUT2D eigenvalue weighted by Gasteiger charge is -2.31. The number of imidazole rings is 7. The maximum atomic E-state index is 11.6. The second-order valence-corrected chi connectivity index (χ2v) is 34.5. The van der Waals surface area contributed by atoms with Crippen molar-refractivity contribution in [2.24, 2.45) is 27.5 Å². The maximum Gasteiger partial charge on any atom is 0.413 e. The molecular weight excluding hydrogens is 1760 g/mol. The summed E-state index contributed by atoms with van der Waals surface area (Å²) in [5.41, 5.74) is 43.7. The number of carbonyl (C=O) groups excluding carboxylic acids is 3. The molecule has 4 aliphatic rings. The standard InChI is InChI=1S/C15H16N4O2.C15H18N4O.C14H17N5O.C14H14N4O2.C13H15N5O.C13H14N4O2S.C13H16N4/c1-18(15(20)21-2)13-4-3-11-5-6-19(14(11)7-13)9-12-8-16-10-17-12;1-11(20)18-13-5-4-12-3-2-6-19(15(12)7-13)9-14-8-16-10-17-14;1-20-18-14(15)11-3-2-10-4-5-19(13(10)6-11)8-12-7-16-9-17-12;1-20-14(19)17-11-3-2-10-4-5-18(13(10)6-11)8-12-7-15-9-16-12;14-13(17-19)10-2-1-9-3-4-18(12(9)5-10)7-11-6-15-8-16-11;1-20(18,19)16-11-3-2-10-4-5-17(13(10)6-11)8-12-7-14-9-15-12;14-6-10-1-2-11-3-4-17(13(11)5-10)8-12-7-15-9-16-12/h3-8,10H,9H2,1-2H3,(H,16,17);4-5,7-8,10H,2-3,6,9H2,1H3,(H,16,17)(H,18,20);2-3,6-7,9H,4-5,8H2,1H3,(H2,15,18)(H,16,17);2-7,9H,8H2,1H3,(H,15,16)(H,17,19);1-2,5-6,8,19H,3-4,7H2,(H2,14,17)(H,15,16);2-7,9,16H,8H2,1H3,(H,14,15);1-2,5,7,9H,3-4,6,8,14H2,(H,15,16). The first kappa shape index (κ1) is 94.7. The Morgan fingerprint density at radius 2 is 0.825 bits per heavy atom. The van der Waals surface area contributed by atoms with Gasteiger partial charge in [-0.2, -0.15) is 0 Å². The van der Waals surface area contributed by atoms with Crippen molar-refractivity contribution in [3.8, 4) is 0 Å². The van der Waals surface area contributed by atoms with Gasteiger partial charge in [-0.05, 0) is 161 Å². The highest BCUT2D eigenvalue weighted by atomic mass is 32.2. The van der Waals surface area contributed by atoms with Gasteiger partial charge in [0.2, 0.25) is 15.9 Å². The highest BCUT2D eigenvalue weighted by molar-refractivity contribution is 7.92. The fraction of sp³-hybridized carbons (Fsp3) is 0.237. The zero-order valence-electron chi connectivity index (χ0n) is 76.6. The molecule has 0 fully saturated rings. The van der Waals surface area contributed by atoms with Crippen molar-refractivity contribution in [2.75, 3.05) is 101 Å². The van der Waals surface area contributed by atoms with Gasteiger partial charge in [0.05, 0.1) is 173 Å². The average molecular weight is 1870 g/mol. The zero-order chi connectivity index (χ0) is 95.7. The third kappa shape index (κ3) is 25.1. The number of nitrogens with two attached hydrogens (primary N) is 3. The molecule has 137 heavy (non-hydrogen) atoms. The second kappa shape index (κ2) is 45.0. The number of ether oxygens (including phenoxy) is 2. The summed E-state index contributed by atoms with van der Waals surface area (Å²) in [6, 6.07) is 47.9. The van der Waals surface area contributed by atoms with Crippen LogP contribution in [0.15, 0.2) is 262 Å². The number of H-pyrrole nitrogens is 7. The van der Waals surface area contributed by atoms with Crippen LogP contribution in [0.3, 0.4) is 0 Å². The Labute approximate surface area is 789 Å². The van der Waals surface area contributed by atoms with Crippen LogP contribution < -0.4 is 57.1 Å². The molecule has 708 valence electrons. The molecule has 10 aromatic heterocycles. The zero-order valence-corrected chi connectivity index (χ0v) is 77.5. The molecule has 0 unspecified atom stereocenters. The second-order valence-electron chi connectivity index (χ2n) is 32.7. The van der Waals surface area contributed by atoms with Crippen molar-refractivity contribution in [1.29, 1.82) is 0 Å². The van der Waals surface area contributed by atoms with E-state index in [4.69, 9.17) is 32.0 Å². The quantitative estimate of drug-likeness (QED) is 0.0122. The van der Waals surface area contributed by atoms with E-state index >= 15 is 0 Å². The minimum atomic E-state index is -3.27. The third-order valence-corrected chi connectivity index (χ3v) is 23.9. The number of aromatic nitrogens is 17. The summed E-state index contributed by atoms with van der Waals surface area (Å²) in [6.07, 6.45) is 36.2. The van der Waals surface area contributed by atoms with E-state index in [1.807, 2.05) is 145 Å². The molecule has 0 saturated heterocycles. The van der Waals surface area contributed by atoms with Crippen molar-refractivity contribution < 1.29 is 42.3 Å². The number of anilines is 8. The van der Waals surface area contributed by atoms with Gasteiger partial charge in [-0.15, -0.1) is 0 Å². The number of aryl methyl sites for hydroxylation is 1. The Balaban J connectivity index is 0.000000121. The Morgan fingerprint density at radius 3 is 1.24 bits per heavy atom. The lowest BCUT2D eigenvalue weighted by atomic mass is 10.0. The van der Waals surface area contributed by atoms with E-state index in [1.165, 1.54) is 78.0 Å². The number of amidine groups is 2. The molecule has 40 heteroatoms. The van der Waals surface area contributed by atoms with Crippen molar-refractivity contribution in [2.45, 2.75) is 91.4 Å². The number of aromatic amines is 7. The van der Waals surface area contributed by atoms with E-state index in [2.05, 4.69) is 171 Å². The SMILES string of the molecule is CC(=O)Nc1ccc2c(c1)N(Cc1cnc[nH]1)CCC2.COC(=O)N(C)c1ccc2ccn(Cc3cnc[nH]3)c2c1.COC(=O)Nc1ccc2ccn(Cc3cnc[nH]3)c2c1.CON=C(N)c1ccc2c(c1)N(Cc1cnc[nH]1)CC2.CS(=O)(=O)Nc1ccc2ccn(Cc3cnc[nH]3)c2c1.NC(=NO)c1ccc2c(c1)N(Cc1cnc[nH]1)CC2.NCc1ccc2c(c1)N(Cc1cnc[nH]1)CC2. The summed E-state index contributed by atoms with van der Waals surface area (Å²) in [7, 11) is 2.63. The summed E-state index contributed by atoms with van der Waals surface area (Å²) in [5, 5.41) is 24.4. The van der Waals surface area contributed by atoms with Crippen molar-refractivity contribution in [3.63, 3.8) is 0 Å². The molecule has 0 saturated carbocycles. The molecule has 14 heterocycles. The van der Waals surface area contributed by atoms with Gasteiger partial charge in [0.25, 0.3) is 0 Å². The number of hydrogen-bond donors (Lipinski definition) is 14. The summed E-state index contributed by atoms with van der Waals surface area (Å²) < 4.78 is 40.6. The summed E-state index contributed by atoms with van der Waals surface area (Å²) >= 11 is 0. The fourth-order valence-corrected chi connectivity index (χ4v) is 17.1. The van der Waals surface area contributed by atoms with Crippen LogP contribution in [0.25, 0.3) is 32.7 Å². The highest BCUT2D eigenvalue weighted by Gasteiger charge is 2.26. The van der Waals surface area contributed by atoms with E-state index in [0.717, 1.165) is 191 Å². The van der Waals surface area contributed by atoms with E-state index in [-0.39, 0.29) is 17.8 Å². The predicted molar refractivity (Wildman–Crippen MR) is 530 cm³/mol. The van der Waals surface area contributed by atoms with Crippen LogP contribution in [0.2, 0.25) is 0 Å². The Bertz CT molecular complexity index is 6990. The summed E-state index contributed by atoms with van der Waals surface area (Å²) in [6.45, 7) is 11.6. The van der Waals surface area contributed by atoms with Crippen LogP contribution in [-0.2, 0) is 107 Å². The van der Waals surface area contributed by atoms with Crippen LogP contribution >= 0.6 is 0 Å². The summed E-state index contributed by atoms with van der Waals surface area (Å²) in [5.74, 6) is 0.487. The highest BCUT2D eigenvalue weighted by Crippen LogP contribution is 2.36. The predicted octanol–water partition coefficient (Wildman–Crippen LogP) is 13.0. The number of rotatable bonds is 23. The van der Waals surface area contributed by atoms with Gasteiger partial charge >= 0.3 is 12.2 Å². The van der Waals surface area contributed by atoms with Gasteiger partial charge in [0, 0.05) is 160 Å². The van der Waals surface area contributed by atoms with Crippen LogP contribution in [0, 0.1) is 0 Å². The molecule has 17 N–H and O–H groups in total. The molecular formula is C97H110N30O9S. The molecule has 3 amide bonds. The third-order valence-electron chi connectivity index (χ3n) is 23.3. The molecule has 0 bridgehead atoms. The first-order valence-electron chi connectivity index (χ1n) is 44.2. The molecule has 0 radical (unpaired) electrons. The molecule has 39 nitrogen and oxygen atoms in total. The van der Waals surface area contributed by atoms with Crippen molar-refractivity contribution in [1.82, 2.24) is 83.5 Å². The number of benzene rings is 7. The van der Waals surface area contributed by atoms with E-state index in [9.17, 15) is 22.8 Å². The van der Waals surface area contributed by atoms with E-state index in [0.29, 0.717) is 43.4 Å². The molecule has 4 aliphatic heterocycles. The first-order valence-corrected chi connectivity index (χ1v) is 46.0. The normalized spacial score (nSPS) is 12.9. The number of amides is 3. The number of nitrogens with zero attached hydrogens (tertiary/aromatic N) is 17. The molecule has 0 atom stereocenters. The number of nitrogens with one attached hydrogen (secondary N) is 10. The number of fused-ring (bicyclic) bond motifs is 7. The Kier molecular flexibility index (Phi) is 31.1. The lowest BCUT2D eigenvalue weighted by molar-refractivity contribution is -0.114. The smallest absolute Gasteiger partial charge is 0.413 e. The minimum absolute atomic E-state index is 0.0409. The van der Waals surface area contributed by atoms with Gasteiger partial charge in [-0.25, -0.2) is 52.9 Å². The maximum absolute atomic E-state index is 11.6. The van der Waals surface area contributed by atoms with E-state index in [1.54, 1.807) is 76.0 Å². The Hall–Kier alpha value is -16.9. The average Bonchev–Trinajstić information content (AvgIpc) is 1.23. The largest absolute Gasteiger partial charge is 0.453 e. The van der Waals surface area contributed by atoms with Gasteiger partial charge in [-0.3, -0.25) is 19.7 Å². The van der Waals surface area contributed by atoms with Crippen molar-refractivity contribution in [3.05, 3.63) is 331 Å². The van der Waals surface area contributed by atoms with Crippen LogP contribution in [-0.4, -0.2) is 188 Å². The number of sulfonamides is 1. The number of methoxy groups -OCH3 is 2. The summed E-state index contributed by atoms with van der Waals surface area (Å²) in [4.78, 5) is 99.5. The fourth-order valence-electron chi connectivity index (χ4n) is 16.5. The molecule has 0 aliphatic carbocycles. The minimum Gasteiger partial charge on any atom is -0.453 e. The van der Waals surface area contributed by atoms with Crippen LogP contribution in [0.5, 0.6) is 0 Å². The van der Waals surface area contributed by atoms with Gasteiger partial charge < -0.3 is 110 Å². The number of oxime groups is 2. The van der Waals surface area contributed by atoms with E-state index < -0.39 is 16.1 Å². The van der Waals surface area contributed by atoms with Crippen LogP contribution in [0.4, 0.5) is 55.1 Å².